The summed E-state index contributed by atoms with van der Waals surface area (Å²) in [7, 11) is 0. The Balaban J connectivity index is 2.03. The van der Waals surface area contributed by atoms with Crippen molar-refractivity contribution in [3.05, 3.63) is 108 Å². The molecule has 1 aliphatic rings. The van der Waals surface area contributed by atoms with Crippen LogP contribution in [0.3, 0.4) is 0 Å². The van der Waals surface area contributed by atoms with Crippen molar-refractivity contribution < 1.29 is 0 Å². The lowest BCUT2D eigenvalue weighted by atomic mass is 9.58. The van der Waals surface area contributed by atoms with E-state index in [1.54, 1.807) is 0 Å². The second-order valence-electron chi connectivity index (χ2n) is 9.88. The lowest BCUT2D eigenvalue weighted by Gasteiger charge is -2.45. The van der Waals surface area contributed by atoms with Gasteiger partial charge in [0, 0.05) is 0 Å². The van der Waals surface area contributed by atoms with Crippen LogP contribution < -0.4 is 0 Å². The summed E-state index contributed by atoms with van der Waals surface area (Å²) >= 11 is 0. The van der Waals surface area contributed by atoms with Crippen molar-refractivity contribution >= 4 is 0 Å². The molecule has 0 aliphatic heterocycles. The molecule has 31 heavy (non-hydrogen) atoms. The van der Waals surface area contributed by atoms with E-state index in [1.165, 1.54) is 50.1 Å². The first-order valence-corrected chi connectivity index (χ1v) is 11.2. The van der Waals surface area contributed by atoms with E-state index >= 15 is 0 Å². The third-order valence-electron chi connectivity index (χ3n) is 7.81. The Morgan fingerprint density at radius 3 is 1.45 bits per heavy atom. The molecule has 0 radical (unpaired) electrons. The minimum Gasteiger partial charge on any atom is -0.0619 e. The maximum absolute atomic E-state index is 2.41. The topological polar surface area (TPSA) is 0 Å². The Kier molecular flexibility index (Phi) is 4.45. The fourth-order valence-corrected chi connectivity index (χ4v) is 5.39. The molecule has 0 bridgehead atoms. The van der Waals surface area contributed by atoms with Crippen molar-refractivity contribution in [2.75, 3.05) is 0 Å². The number of benzene rings is 4. The summed E-state index contributed by atoms with van der Waals surface area (Å²) in [6, 6.07) is 33.7. The predicted molar refractivity (Wildman–Crippen MR) is 134 cm³/mol. The third kappa shape index (κ3) is 2.82. The highest BCUT2D eigenvalue weighted by molar-refractivity contribution is 5.95. The number of rotatable bonds is 0. The standard InChI is InChI=1S/C31H30/c1-21-13-12-18-25-23-15-7-6-14-22(23)24-16-8-10-19-27(24)30(2,3)31(4,5)28-20-11-9-17-26(28)29(21)25/h6-20H,1-5H3. The summed E-state index contributed by atoms with van der Waals surface area (Å²) in [6.07, 6.45) is 0. The molecule has 0 amide bonds. The van der Waals surface area contributed by atoms with Gasteiger partial charge in [-0.1, -0.05) is 119 Å². The van der Waals surface area contributed by atoms with Crippen LogP contribution in [0, 0.1) is 6.92 Å². The van der Waals surface area contributed by atoms with Gasteiger partial charge in [0.15, 0.2) is 0 Å². The van der Waals surface area contributed by atoms with Gasteiger partial charge >= 0.3 is 0 Å². The molecule has 4 aromatic carbocycles. The Morgan fingerprint density at radius 2 is 0.839 bits per heavy atom. The van der Waals surface area contributed by atoms with Crippen LogP contribution in [0.25, 0.3) is 33.4 Å². The van der Waals surface area contributed by atoms with E-state index < -0.39 is 0 Å². The van der Waals surface area contributed by atoms with Gasteiger partial charge < -0.3 is 0 Å². The number of hydrogen-bond acceptors (Lipinski definition) is 0. The molecule has 0 spiro atoms. The van der Waals surface area contributed by atoms with Gasteiger partial charge in [-0.05, 0) is 67.8 Å². The molecule has 0 fully saturated rings. The van der Waals surface area contributed by atoms with Gasteiger partial charge in [0.05, 0.1) is 0 Å². The number of hydrogen-bond donors (Lipinski definition) is 0. The molecular weight excluding hydrogens is 372 g/mol. The Bertz CT molecular complexity index is 1290. The Morgan fingerprint density at radius 1 is 0.419 bits per heavy atom. The lowest BCUT2D eigenvalue weighted by molar-refractivity contribution is 0.304. The fraction of sp³-hybridized carbons (Fsp3) is 0.226. The number of fused-ring (bicyclic) bond motifs is 7. The van der Waals surface area contributed by atoms with Gasteiger partial charge in [-0.3, -0.25) is 0 Å². The van der Waals surface area contributed by atoms with E-state index in [1.807, 2.05) is 0 Å². The van der Waals surface area contributed by atoms with Crippen LogP contribution in [-0.4, -0.2) is 0 Å². The molecule has 0 nitrogen and oxygen atoms in total. The first kappa shape index (κ1) is 19.8. The first-order chi connectivity index (χ1) is 14.8. The van der Waals surface area contributed by atoms with Crippen LogP contribution in [0.2, 0.25) is 0 Å². The maximum atomic E-state index is 2.41. The van der Waals surface area contributed by atoms with Crippen molar-refractivity contribution in [1.82, 2.24) is 0 Å². The van der Waals surface area contributed by atoms with Crippen LogP contribution in [-0.2, 0) is 10.8 Å². The molecule has 0 unspecified atom stereocenters. The van der Waals surface area contributed by atoms with Crippen molar-refractivity contribution in [2.45, 2.75) is 45.4 Å². The van der Waals surface area contributed by atoms with Crippen LogP contribution in [0.15, 0.2) is 91.0 Å². The van der Waals surface area contributed by atoms with Crippen molar-refractivity contribution in [3.63, 3.8) is 0 Å². The van der Waals surface area contributed by atoms with E-state index in [9.17, 15) is 0 Å². The van der Waals surface area contributed by atoms with Crippen LogP contribution in [0.4, 0.5) is 0 Å². The predicted octanol–water partition coefficient (Wildman–Crippen LogP) is 8.56. The third-order valence-corrected chi connectivity index (χ3v) is 7.81. The van der Waals surface area contributed by atoms with Gasteiger partial charge in [-0.15, -0.1) is 0 Å². The molecule has 154 valence electrons. The smallest absolute Gasteiger partial charge is 0.000568 e. The van der Waals surface area contributed by atoms with Crippen molar-refractivity contribution in [2.24, 2.45) is 0 Å². The molecule has 0 heterocycles. The average Bonchev–Trinajstić information content (AvgIpc) is 2.78. The monoisotopic (exact) mass is 402 g/mol. The molecule has 4 aromatic rings. The minimum absolute atomic E-state index is 0.0764. The van der Waals surface area contributed by atoms with Gasteiger partial charge in [-0.25, -0.2) is 0 Å². The van der Waals surface area contributed by atoms with Gasteiger partial charge in [-0.2, -0.15) is 0 Å². The van der Waals surface area contributed by atoms with Gasteiger partial charge in [0.25, 0.3) is 0 Å². The fourth-order valence-electron chi connectivity index (χ4n) is 5.39. The second-order valence-corrected chi connectivity index (χ2v) is 9.88. The van der Waals surface area contributed by atoms with E-state index in [-0.39, 0.29) is 10.8 Å². The molecule has 5 rings (SSSR count). The minimum atomic E-state index is -0.0778. The summed E-state index contributed by atoms with van der Waals surface area (Å²) in [5.41, 5.74) is 11.9. The van der Waals surface area contributed by atoms with E-state index in [0.29, 0.717) is 0 Å². The number of aryl methyl sites for hydroxylation is 1. The molecule has 0 aromatic heterocycles. The highest BCUT2D eigenvalue weighted by atomic mass is 14.5. The van der Waals surface area contributed by atoms with E-state index in [2.05, 4.69) is 126 Å². The first-order valence-electron chi connectivity index (χ1n) is 11.2. The van der Waals surface area contributed by atoms with Crippen LogP contribution >= 0.6 is 0 Å². The normalized spacial score (nSPS) is 15.8. The van der Waals surface area contributed by atoms with Crippen molar-refractivity contribution in [3.8, 4) is 33.4 Å². The lowest BCUT2D eigenvalue weighted by Crippen LogP contribution is -2.41. The molecular formula is C31H30. The van der Waals surface area contributed by atoms with E-state index in [4.69, 9.17) is 0 Å². The molecule has 1 aliphatic carbocycles. The SMILES string of the molecule is Cc1cccc2c1-c1ccccc1C(C)(C)C(C)(C)c1ccccc1-c1ccccc1-2. The summed E-state index contributed by atoms with van der Waals surface area (Å²) in [5, 5.41) is 0. The zero-order valence-corrected chi connectivity index (χ0v) is 19.2. The summed E-state index contributed by atoms with van der Waals surface area (Å²) in [4.78, 5) is 0. The van der Waals surface area contributed by atoms with Gasteiger partial charge in [0.1, 0.15) is 0 Å². The van der Waals surface area contributed by atoms with Crippen LogP contribution in [0.5, 0.6) is 0 Å². The summed E-state index contributed by atoms with van der Waals surface area (Å²) in [5.74, 6) is 0. The Labute approximate surface area is 186 Å². The van der Waals surface area contributed by atoms with Crippen LogP contribution in [0.1, 0.15) is 44.4 Å². The largest absolute Gasteiger partial charge is 0.0619 e. The molecule has 0 atom stereocenters. The zero-order valence-electron chi connectivity index (χ0n) is 19.2. The molecule has 0 heteroatoms. The highest BCUT2D eigenvalue weighted by Gasteiger charge is 2.43. The molecule has 0 saturated carbocycles. The summed E-state index contributed by atoms with van der Waals surface area (Å²) in [6.45, 7) is 11.9. The highest BCUT2D eigenvalue weighted by Crippen LogP contribution is 2.52. The molecule has 0 saturated heterocycles. The van der Waals surface area contributed by atoms with Gasteiger partial charge in [0.2, 0.25) is 0 Å². The zero-order chi connectivity index (χ0) is 21.8. The molecule has 0 N–H and O–H groups in total. The maximum Gasteiger partial charge on any atom is -0.000568 e. The van der Waals surface area contributed by atoms with Crippen molar-refractivity contribution in [1.29, 1.82) is 0 Å². The average molecular weight is 403 g/mol. The quantitative estimate of drug-likeness (QED) is 0.276. The summed E-state index contributed by atoms with van der Waals surface area (Å²) < 4.78 is 0. The second kappa shape index (κ2) is 6.95. The Hall–Kier alpha value is -3.12. The van der Waals surface area contributed by atoms with E-state index in [0.717, 1.165) is 0 Å².